The summed E-state index contributed by atoms with van der Waals surface area (Å²) in [5.41, 5.74) is 3.92. The molecule has 0 aliphatic carbocycles. The van der Waals surface area contributed by atoms with Crippen molar-refractivity contribution in [3.8, 4) is 6.07 Å². The van der Waals surface area contributed by atoms with Gasteiger partial charge in [0.05, 0.1) is 40.1 Å². The van der Waals surface area contributed by atoms with Crippen LogP contribution in [0.25, 0.3) is 10.9 Å². The molecule has 0 unspecified atom stereocenters. The summed E-state index contributed by atoms with van der Waals surface area (Å²) in [5.74, 6) is 0. The Morgan fingerprint density at radius 2 is 1.81 bits per heavy atom. The number of aromatic nitrogens is 5. The van der Waals surface area contributed by atoms with Crippen LogP contribution in [0, 0.1) is 11.3 Å². The normalized spacial score (nSPS) is 13.7. The second-order valence-corrected chi connectivity index (χ2v) is 10.1. The Hall–Kier alpha value is -4.69. The number of nitrogens with zero attached hydrogens (tertiary/aromatic N) is 6. The van der Waals surface area contributed by atoms with Gasteiger partial charge in [0.25, 0.3) is 0 Å². The summed E-state index contributed by atoms with van der Waals surface area (Å²) < 4.78 is 40.9. The highest BCUT2D eigenvalue weighted by atomic mass is 35.5. The van der Waals surface area contributed by atoms with E-state index < -0.39 is 18.3 Å². The van der Waals surface area contributed by atoms with Gasteiger partial charge in [-0.15, -0.1) is 5.10 Å². The minimum Gasteiger partial charge on any atom is -0.377 e. The van der Waals surface area contributed by atoms with E-state index in [2.05, 4.69) is 37.0 Å². The highest BCUT2D eigenvalue weighted by Crippen LogP contribution is 2.37. The molecule has 0 radical (unpaired) electrons. The van der Waals surface area contributed by atoms with E-state index in [1.54, 1.807) is 36.7 Å². The molecule has 0 saturated heterocycles. The quantitative estimate of drug-likeness (QED) is 0.182. The third-order valence-electron chi connectivity index (χ3n) is 7.00. The zero-order valence-electron chi connectivity index (χ0n) is 22.6. The standard InChI is InChI=1S/C30H26ClF3N8/c1-3-25(19-8-5-4-6-9-19)39-27-21(14-35)16-37-29-23(27)12-22(13-24(29)31)38-28(20-10-7-11-36-15-20)26-17-42(41-40-26)18(2)30(32,33)34/h4-13,15-18,25,28,38H,3H2,1-2H3,(H,37,39)/t18-,25-,28+/m1/s1. The SMILES string of the molecule is CC[C@@H](Nc1c(C#N)cnc2c(Cl)cc(N[C@@H](c3cccnc3)c3cn([C@H](C)C(F)(F)F)nn3)cc12)c1ccccc1. The van der Waals surface area contributed by atoms with E-state index in [0.717, 1.165) is 23.6 Å². The van der Waals surface area contributed by atoms with Gasteiger partial charge in [-0.25, -0.2) is 4.68 Å². The van der Waals surface area contributed by atoms with Gasteiger partial charge in [-0.2, -0.15) is 18.4 Å². The minimum absolute atomic E-state index is 0.0897. The van der Waals surface area contributed by atoms with Gasteiger partial charge in [0.2, 0.25) is 0 Å². The van der Waals surface area contributed by atoms with Gasteiger partial charge in [-0.05, 0) is 42.7 Å². The number of nitriles is 1. The number of alkyl halides is 3. The molecule has 12 heteroatoms. The lowest BCUT2D eigenvalue weighted by Crippen LogP contribution is -2.24. The molecule has 2 N–H and O–H groups in total. The Morgan fingerprint density at radius 3 is 2.48 bits per heavy atom. The van der Waals surface area contributed by atoms with E-state index in [4.69, 9.17) is 11.6 Å². The topological polar surface area (TPSA) is 104 Å². The smallest absolute Gasteiger partial charge is 0.377 e. The number of benzene rings is 2. The van der Waals surface area contributed by atoms with Crippen LogP contribution in [0.1, 0.15) is 60.8 Å². The average molecular weight is 591 g/mol. The van der Waals surface area contributed by atoms with Gasteiger partial charge in [0.1, 0.15) is 17.8 Å². The zero-order chi connectivity index (χ0) is 29.9. The molecule has 0 aliphatic heterocycles. The molecule has 5 aromatic rings. The van der Waals surface area contributed by atoms with Gasteiger partial charge in [-0.1, -0.05) is 60.1 Å². The number of rotatable bonds is 9. The number of hydrogen-bond acceptors (Lipinski definition) is 7. The number of hydrogen-bond donors (Lipinski definition) is 2. The van der Waals surface area contributed by atoms with Crippen LogP contribution in [0.2, 0.25) is 5.02 Å². The van der Waals surface area contributed by atoms with E-state index in [1.807, 2.05) is 37.3 Å². The highest BCUT2D eigenvalue weighted by molar-refractivity contribution is 6.35. The molecule has 0 fully saturated rings. The molecule has 5 rings (SSSR count). The molecule has 0 aliphatic rings. The molecule has 3 atom stereocenters. The van der Waals surface area contributed by atoms with Crippen molar-refractivity contribution in [3.63, 3.8) is 0 Å². The first kappa shape index (κ1) is 28.8. The summed E-state index contributed by atoms with van der Waals surface area (Å²) in [6.45, 7) is 3.06. The molecule has 3 heterocycles. The maximum absolute atomic E-state index is 13.4. The summed E-state index contributed by atoms with van der Waals surface area (Å²) in [7, 11) is 0. The van der Waals surface area contributed by atoms with Crippen LogP contribution in [0.5, 0.6) is 0 Å². The lowest BCUT2D eigenvalue weighted by Gasteiger charge is -2.22. The number of fused-ring (bicyclic) bond motifs is 1. The van der Waals surface area contributed by atoms with Gasteiger partial charge in [-0.3, -0.25) is 9.97 Å². The van der Waals surface area contributed by atoms with E-state index in [9.17, 15) is 18.4 Å². The van der Waals surface area contributed by atoms with Crippen molar-refractivity contribution >= 4 is 33.9 Å². The van der Waals surface area contributed by atoms with E-state index in [-0.39, 0.29) is 11.7 Å². The highest BCUT2D eigenvalue weighted by Gasteiger charge is 2.38. The van der Waals surface area contributed by atoms with Gasteiger partial charge < -0.3 is 10.6 Å². The molecular weight excluding hydrogens is 565 g/mol. The molecule has 2 aromatic carbocycles. The largest absolute Gasteiger partial charge is 0.410 e. The molecule has 214 valence electrons. The zero-order valence-corrected chi connectivity index (χ0v) is 23.4. The van der Waals surface area contributed by atoms with Crippen molar-refractivity contribution < 1.29 is 13.2 Å². The van der Waals surface area contributed by atoms with Gasteiger partial charge in [0.15, 0.2) is 0 Å². The number of halogens is 4. The molecule has 8 nitrogen and oxygen atoms in total. The van der Waals surface area contributed by atoms with Crippen molar-refractivity contribution in [3.05, 3.63) is 107 Å². The third-order valence-corrected chi connectivity index (χ3v) is 7.29. The van der Waals surface area contributed by atoms with Crippen LogP contribution in [0.3, 0.4) is 0 Å². The first-order valence-corrected chi connectivity index (χ1v) is 13.6. The van der Waals surface area contributed by atoms with Crippen molar-refractivity contribution in [2.24, 2.45) is 0 Å². The third kappa shape index (κ3) is 5.99. The van der Waals surface area contributed by atoms with Crippen LogP contribution in [0.15, 0.2) is 79.4 Å². The fraction of sp³-hybridized carbons (Fsp3) is 0.233. The van der Waals surface area contributed by atoms with Gasteiger partial charge in [0, 0.05) is 29.7 Å². The Kier molecular flexibility index (Phi) is 8.27. The predicted octanol–water partition coefficient (Wildman–Crippen LogP) is 7.63. The summed E-state index contributed by atoms with van der Waals surface area (Å²) >= 11 is 6.71. The second-order valence-electron chi connectivity index (χ2n) is 9.73. The van der Waals surface area contributed by atoms with Crippen LogP contribution in [0.4, 0.5) is 24.5 Å². The second kappa shape index (κ2) is 12.0. The first-order valence-electron chi connectivity index (χ1n) is 13.2. The van der Waals surface area contributed by atoms with E-state index >= 15 is 0 Å². The molecule has 0 bridgehead atoms. The predicted molar refractivity (Wildman–Crippen MR) is 155 cm³/mol. The molecule has 0 spiro atoms. The maximum atomic E-state index is 13.4. The summed E-state index contributed by atoms with van der Waals surface area (Å²) in [5, 5.41) is 25.5. The summed E-state index contributed by atoms with van der Waals surface area (Å²) in [4.78, 5) is 8.61. The Morgan fingerprint density at radius 1 is 1.05 bits per heavy atom. The lowest BCUT2D eigenvalue weighted by molar-refractivity contribution is -0.165. The first-order chi connectivity index (χ1) is 20.2. The van der Waals surface area contributed by atoms with Crippen molar-refractivity contribution in [2.75, 3.05) is 10.6 Å². The van der Waals surface area contributed by atoms with Gasteiger partial charge >= 0.3 is 6.18 Å². The van der Waals surface area contributed by atoms with Crippen LogP contribution in [-0.4, -0.2) is 31.1 Å². The Balaban J connectivity index is 1.58. The maximum Gasteiger partial charge on any atom is 0.410 e. The molecule has 0 saturated carbocycles. The molecular formula is C30H26ClF3N8. The van der Waals surface area contributed by atoms with Crippen LogP contribution >= 0.6 is 11.6 Å². The van der Waals surface area contributed by atoms with E-state index in [0.29, 0.717) is 38.4 Å². The Bertz CT molecular complexity index is 1720. The molecule has 0 amide bonds. The fourth-order valence-electron chi connectivity index (χ4n) is 4.67. The fourth-order valence-corrected chi connectivity index (χ4v) is 4.94. The van der Waals surface area contributed by atoms with E-state index in [1.165, 1.54) is 12.4 Å². The summed E-state index contributed by atoms with van der Waals surface area (Å²) in [6.07, 6.45) is 2.21. The number of anilines is 2. The van der Waals surface area contributed by atoms with Crippen molar-refractivity contribution in [2.45, 2.75) is 44.6 Å². The van der Waals surface area contributed by atoms with Crippen molar-refractivity contribution in [1.29, 1.82) is 5.26 Å². The molecule has 42 heavy (non-hydrogen) atoms. The summed E-state index contributed by atoms with van der Waals surface area (Å²) in [6, 6.07) is 16.4. The molecule has 3 aromatic heterocycles. The van der Waals surface area contributed by atoms with Crippen LogP contribution in [-0.2, 0) is 0 Å². The average Bonchev–Trinajstić information content (AvgIpc) is 3.48. The van der Waals surface area contributed by atoms with Crippen LogP contribution < -0.4 is 10.6 Å². The number of nitrogens with one attached hydrogen (secondary N) is 2. The monoisotopic (exact) mass is 590 g/mol. The minimum atomic E-state index is -4.49. The lowest BCUT2D eigenvalue weighted by atomic mass is 10.0. The Labute approximate surface area is 245 Å². The van der Waals surface area contributed by atoms with Crippen molar-refractivity contribution in [1.82, 2.24) is 25.0 Å². The number of pyridine rings is 2.